The van der Waals surface area contributed by atoms with E-state index < -0.39 is 0 Å². The maximum atomic E-state index is 12.5. The Bertz CT molecular complexity index is 654. The zero-order valence-corrected chi connectivity index (χ0v) is 14.7. The molecule has 2 aromatic rings. The molecule has 3 nitrogen and oxygen atoms in total. The van der Waals surface area contributed by atoms with Crippen LogP contribution in [-0.2, 0) is 4.79 Å². The molecule has 0 bridgehead atoms. The molecule has 0 fully saturated rings. The highest BCUT2D eigenvalue weighted by Gasteiger charge is 2.16. The minimum Gasteiger partial charge on any atom is -0.360 e. The van der Waals surface area contributed by atoms with Crippen molar-refractivity contribution in [1.29, 1.82) is 0 Å². The standard InChI is InChI=1S/C20H26N2O/c1-14(2)22(18-11-9-15(3)10-12-18)13-19(23)21-20-16(4)7-6-8-17(20)5/h6-12,14H,13H2,1-5H3,(H,21,23). The molecule has 0 radical (unpaired) electrons. The number of amides is 1. The fourth-order valence-electron chi connectivity index (χ4n) is 2.65. The van der Waals surface area contributed by atoms with Gasteiger partial charge in [-0.25, -0.2) is 0 Å². The molecule has 2 rings (SSSR count). The lowest BCUT2D eigenvalue weighted by atomic mass is 10.1. The average Bonchev–Trinajstić information content (AvgIpc) is 2.49. The second-order valence-corrected chi connectivity index (χ2v) is 6.37. The highest BCUT2D eigenvalue weighted by Crippen LogP contribution is 2.21. The highest BCUT2D eigenvalue weighted by atomic mass is 16.2. The predicted molar refractivity (Wildman–Crippen MR) is 98.2 cm³/mol. The Morgan fingerprint density at radius 1 is 1.00 bits per heavy atom. The van der Waals surface area contributed by atoms with Crippen molar-refractivity contribution in [2.24, 2.45) is 0 Å². The van der Waals surface area contributed by atoms with Crippen molar-refractivity contribution in [3.63, 3.8) is 0 Å². The smallest absolute Gasteiger partial charge is 0.243 e. The van der Waals surface area contributed by atoms with Gasteiger partial charge in [0.05, 0.1) is 6.54 Å². The monoisotopic (exact) mass is 310 g/mol. The zero-order valence-electron chi connectivity index (χ0n) is 14.7. The molecule has 0 atom stereocenters. The van der Waals surface area contributed by atoms with Gasteiger partial charge in [0.15, 0.2) is 0 Å². The minimum atomic E-state index is 0.0108. The van der Waals surface area contributed by atoms with Gasteiger partial charge in [0, 0.05) is 17.4 Å². The number of anilines is 2. The summed E-state index contributed by atoms with van der Waals surface area (Å²) in [6, 6.07) is 14.6. The van der Waals surface area contributed by atoms with Crippen LogP contribution < -0.4 is 10.2 Å². The van der Waals surface area contributed by atoms with E-state index in [1.807, 2.05) is 32.0 Å². The summed E-state index contributed by atoms with van der Waals surface area (Å²) in [5.74, 6) is 0.0108. The van der Waals surface area contributed by atoms with E-state index in [2.05, 4.69) is 55.3 Å². The van der Waals surface area contributed by atoms with Crippen molar-refractivity contribution in [3.8, 4) is 0 Å². The normalized spacial score (nSPS) is 10.7. The van der Waals surface area contributed by atoms with E-state index in [-0.39, 0.29) is 11.9 Å². The van der Waals surface area contributed by atoms with Gasteiger partial charge in [-0.05, 0) is 57.9 Å². The zero-order chi connectivity index (χ0) is 17.0. The number of nitrogens with one attached hydrogen (secondary N) is 1. The molecule has 0 heterocycles. The van der Waals surface area contributed by atoms with Gasteiger partial charge in [-0.2, -0.15) is 0 Å². The molecule has 0 saturated heterocycles. The van der Waals surface area contributed by atoms with Crippen LogP contribution in [0.25, 0.3) is 0 Å². The number of benzene rings is 2. The lowest BCUT2D eigenvalue weighted by Gasteiger charge is -2.28. The summed E-state index contributed by atoms with van der Waals surface area (Å²) in [5.41, 5.74) is 5.39. The Balaban J connectivity index is 2.14. The molecular weight excluding hydrogens is 284 g/mol. The summed E-state index contributed by atoms with van der Waals surface area (Å²) in [6.45, 7) is 10.6. The second-order valence-electron chi connectivity index (χ2n) is 6.37. The Kier molecular flexibility index (Phi) is 5.43. The van der Waals surface area contributed by atoms with E-state index in [0.717, 1.165) is 22.5 Å². The quantitative estimate of drug-likeness (QED) is 0.884. The third-order valence-corrected chi connectivity index (χ3v) is 4.05. The topological polar surface area (TPSA) is 32.3 Å². The van der Waals surface area contributed by atoms with Crippen LogP contribution in [0.3, 0.4) is 0 Å². The summed E-state index contributed by atoms with van der Waals surface area (Å²) in [5, 5.41) is 3.06. The van der Waals surface area contributed by atoms with Crippen molar-refractivity contribution in [3.05, 3.63) is 59.2 Å². The molecule has 0 aliphatic rings. The van der Waals surface area contributed by atoms with E-state index in [0.29, 0.717) is 6.54 Å². The fourth-order valence-corrected chi connectivity index (χ4v) is 2.65. The third-order valence-electron chi connectivity index (χ3n) is 4.05. The van der Waals surface area contributed by atoms with Crippen molar-refractivity contribution >= 4 is 17.3 Å². The van der Waals surface area contributed by atoms with Crippen LogP contribution in [0.4, 0.5) is 11.4 Å². The Labute approximate surface area is 139 Å². The largest absolute Gasteiger partial charge is 0.360 e. The summed E-state index contributed by atoms with van der Waals surface area (Å²) in [4.78, 5) is 14.6. The molecule has 23 heavy (non-hydrogen) atoms. The van der Waals surface area contributed by atoms with Crippen LogP contribution in [0.15, 0.2) is 42.5 Å². The second kappa shape index (κ2) is 7.32. The number of carbonyl (C=O) groups is 1. The molecule has 0 aliphatic carbocycles. The molecule has 1 amide bonds. The van der Waals surface area contributed by atoms with Crippen LogP contribution in [0.5, 0.6) is 0 Å². The average molecular weight is 310 g/mol. The maximum Gasteiger partial charge on any atom is 0.243 e. The van der Waals surface area contributed by atoms with Crippen LogP contribution in [0.1, 0.15) is 30.5 Å². The van der Waals surface area contributed by atoms with Crippen molar-refractivity contribution < 1.29 is 4.79 Å². The molecule has 122 valence electrons. The van der Waals surface area contributed by atoms with E-state index in [1.165, 1.54) is 5.56 Å². The van der Waals surface area contributed by atoms with Gasteiger partial charge in [0.2, 0.25) is 5.91 Å². The number of carbonyl (C=O) groups excluding carboxylic acids is 1. The molecule has 0 unspecified atom stereocenters. The molecule has 0 spiro atoms. The molecule has 1 N–H and O–H groups in total. The first kappa shape index (κ1) is 17.1. The van der Waals surface area contributed by atoms with Gasteiger partial charge in [0.25, 0.3) is 0 Å². The van der Waals surface area contributed by atoms with Gasteiger partial charge in [-0.3, -0.25) is 4.79 Å². The Hall–Kier alpha value is -2.29. The number of rotatable bonds is 5. The fraction of sp³-hybridized carbons (Fsp3) is 0.350. The number of hydrogen-bond acceptors (Lipinski definition) is 2. The van der Waals surface area contributed by atoms with Crippen LogP contribution in [-0.4, -0.2) is 18.5 Å². The number of hydrogen-bond donors (Lipinski definition) is 1. The first-order valence-electron chi connectivity index (χ1n) is 8.08. The first-order chi connectivity index (χ1) is 10.9. The molecule has 0 aliphatic heterocycles. The lowest BCUT2D eigenvalue weighted by molar-refractivity contribution is -0.115. The van der Waals surface area contributed by atoms with Gasteiger partial charge >= 0.3 is 0 Å². The maximum absolute atomic E-state index is 12.5. The van der Waals surface area contributed by atoms with Gasteiger partial charge in [-0.1, -0.05) is 35.9 Å². The summed E-state index contributed by atoms with van der Waals surface area (Å²) in [6.07, 6.45) is 0. The number of aryl methyl sites for hydroxylation is 3. The minimum absolute atomic E-state index is 0.0108. The first-order valence-corrected chi connectivity index (χ1v) is 8.08. The SMILES string of the molecule is Cc1ccc(N(CC(=O)Nc2c(C)cccc2C)C(C)C)cc1. The van der Waals surface area contributed by atoms with Crippen molar-refractivity contribution in [1.82, 2.24) is 0 Å². The third kappa shape index (κ3) is 4.35. The van der Waals surface area contributed by atoms with Crippen LogP contribution in [0, 0.1) is 20.8 Å². The molecule has 3 heteroatoms. The van der Waals surface area contributed by atoms with E-state index in [1.54, 1.807) is 0 Å². The Morgan fingerprint density at radius 3 is 2.09 bits per heavy atom. The van der Waals surface area contributed by atoms with Crippen molar-refractivity contribution in [2.75, 3.05) is 16.8 Å². The van der Waals surface area contributed by atoms with E-state index in [9.17, 15) is 4.79 Å². The molecular formula is C20H26N2O. The molecule has 0 aromatic heterocycles. The summed E-state index contributed by atoms with van der Waals surface area (Å²) in [7, 11) is 0. The predicted octanol–water partition coefficient (Wildman–Crippen LogP) is 4.47. The van der Waals surface area contributed by atoms with Gasteiger partial charge < -0.3 is 10.2 Å². The molecule has 2 aromatic carbocycles. The number of para-hydroxylation sites is 1. The molecule has 0 saturated carbocycles. The van der Waals surface area contributed by atoms with E-state index in [4.69, 9.17) is 0 Å². The van der Waals surface area contributed by atoms with Gasteiger partial charge in [-0.15, -0.1) is 0 Å². The Morgan fingerprint density at radius 2 is 1.57 bits per heavy atom. The van der Waals surface area contributed by atoms with E-state index >= 15 is 0 Å². The lowest BCUT2D eigenvalue weighted by Crippen LogP contribution is -2.38. The summed E-state index contributed by atoms with van der Waals surface area (Å²) >= 11 is 0. The van der Waals surface area contributed by atoms with Gasteiger partial charge in [0.1, 0.15) is 0 Å². The van der Waals surface area contributed by atoms with Crippen molar-refractivity contribution in [2.45, 2.75) is 40.7 Å². The summed E-state index contributed by atoms with van der Waals surface area (Å²) < 4.78 is 0. The van der Waals surface area contributed by atoms with Crippen LogP contribution in [0.2, 0.25) is 0 Å². The number of nitrogens with zero attached hydrogens (tertiary/aromatic N) is 1. The highest BCUT2D eigenvalue weighted by molar-refractivity contribution is 5.95. The van der Waals surface area contributed by atoms with Crippen LogP contribution >= 0.6 is 0 Å².